The summed E-state index contributed by atoms with van der Waals surface area (Å²) in [5, 5.41) is 9.22. The molecule has 0 amide bonds. The highest BCUT2D eigenvalue weighted by atomic mass is 31.1. The molecule has 0 saturated carbocycles. The molecule has 0 spiro atoms. The molecule has 0 fully saturated rings. The monoisotopic (exact) mass is 662 g/mol. The Morgan fingerprint density at radius 3 is 1.38 bits per heavy atom. The highest BCUT2D eigenvalue weighted by Crippen LogP contribution is 2.16. The van der Waals surface area contributed by atoms with E-state index in [2.05, 4.69) is 18.4 Å². The molecule has 0 bridgehead atoms. The number of carbonyl (C=O) groups is 3. The first kappa shape index (κ1) is 43.4. The first-order valence-corrected chi connectivity index (χ1v) is 18.9. The first-order valence-electron chi connectivity index (χ1n) is 17.8. The van der Waals surface area contributed by atoms with Crippen LogP contribution in [0.1, 0.15) is 168 Å². The van der Waals surface area contributed by atoms with E-state index in [-0.39, 0.29) is 19.4 Å². The van der Waals surface area contributed by atoms with Crippen LogP contribution in [0.5, 0.6) is 0 Å². The summed E-state index contributed by atoms with van der Waals surface area (Å²) in [5.74, 6) is -2.05. The standard InChI is InChI=1S/C34H63O10P/c1-3-5-7-9-11-13-15-17-19-21-23-25-32(36)41-28-30(29-42-34(38)31(27-35)44-45(39)40)43-33(37)26-24-22-20-18-16-14-12-10-8-6-4-2/h30-31,35H,3-29H2,1-2H3. The van der Waals surface area contributed by atoms with Crippen LogP contribution in [0.15, 0.2) is 0 Å². The van der Waals surface area contributed by atoms with E-state index in [1.54, 1.807) is 0 Å². The Morgan fingerprint density at radius 2 is 0.978 bits per heavy atom. The van der Waals surface area contributed by atoms with E-state index in [0.717, 1.165) is 38.5 Å². The maximum absolute atomic E-state index is 12.5. The summed E-state index contributed by atoms with van der Waals surface area (Å²) >= 11 is 0. The van der Waals surface area contributed by atoms with Crippen molar-refractivity contribution in [3.05, 3.63) is 0 Å². The Kier molecular flexibility index (Phi) is 31.2. The maximum Gasteiger partial charge on any atom is 0.489 e. The van der Waals surface area contributed by atoms with Gasteiger partial charge in [-0.2, -0.15) is 0 Å². The second-order valence-corrected chi connectivity index (χ2v) is 12.7. The molecule has 3 unspecified atom stereocenters. The van der Waals surface area contributed by atoms with Crippen molar-refractivity contribution in [1.82, 2.24) is 0 Å². The topological polar surface area (TPSA) is 148 Å². The van der Waals surface area contributed by atoms with Gasteiger partial charge in [-0.3, -0.25) is 9.59 Å². The largest absolute Gasteiger partial charge is 0.566 e. The van der Waals surface area contributed by atoms with Gasteiger partial charge in [0, 0.05) is 12.8 Å². The molecular formula is C34H63O10P. The zero-order chi connectivity index (χ0) is 33.4. The molecule has 0 saturated heterocycles. The first-order chi connectivity index (χ1) is 21.8. The lowest BCUT2D eigenvalue weighted by Crippen LogP contribution is -2.35. The number of rotatable bonds is 33. The van der Waals surface area contributed by atoms with Crippen LogP contribution in [0.2, 0.25) is 0 Å². The fraction of sp³-hybridized carbons (Fsp3) is 0.912. The predicted octanol–water partition coefficient (Wildman–Crippen LogP) is 7.78. The van der Waals surface area contributed by atoms with Crippen molar-refractivity contribution >= 4 is 26.2 Å². The summed E-state index contributed by atoms with van der Waals surface area (Å²) in [5.41, 5.74) is 0. The van der Waals surface area contributed by atoms with Gasteiger partial charge in [0.1, 0.15) is 13.2 Å². The fourth-order valence-corrected chi connectivity index (χ4v) is 5.37. The van der Waals surface area contributed by atoms with Gasteiger partial charge >= 0.3 is 26.2 Å². The van der Waals surface area contributed by atoms with Crippen molar-refractivity contribution in [2.24, 2.45) is 0 Å². The van der Waals surface area contributed by atoms with Gasteiger partial charge in [-0.1, -0.05) is 142 Å². The number of carbonyl (C=O) groups excluding carboxylic acids is 3. The Balaban J connectivity index is 4.41. The van der Waals surface area contributed by atoms with Crippen LogP contribution in [0.25, 0.3) is 0 Å². The van der Waals surface area contributed by atoms with E-state index in [1.165, 1.54) is 89.9 Å². The van der Waals surface area contributed by atoms with Crippen LogP contribution in [0.3, 0.4) is 0 Å². The van der Waals surface area contributed by atoms with Gasteiger partial charge in [0.2, 0.25) is 6.10 Å². The normalized spacial score (nSPS) is 12.8. The summed E-state index contributed by atoms with van der Waals surface area (Å²) in [6, 6.07) is 0. The van der Waals surface area contributed by atoms with Crippen LogP contribution >= 0.6 is 8.25 Å². The summed E-state index contributed by atoms with van der Waals surface area (Å²) in [7, 11) is -3.38. The molecule has 0 aliphatic heterocycles. The Labute approximate surface area is 273 Å². The lowest BCUT2D eigenvalue weighted by molar-refractivity contribution is -0.196. The Hall–Kier alpha value is -1.61. The average molecular weight is 663 g/mol. The number of hydrogen-bond donors (Lipinski definition) is 1. The molecule has 0 heterocycles. The zero-order valence-corrected chi connectivity index (χ0v) is 29.2. The lowest BCUT2D eigenvalue weighted by atomic mass is 10.1. The fourth-order valence-electron chi connectivity index (χ4n) is 5.01. The third kappa shape index (κ3) is 29.5. The predicted molar refractivity (Wildman–Crippen MR) is 174 cm³/mol. The molecule has 0 aromatic heterocycles. The molecule has 0 aliphatic carbocycles. The highest BCUT2D eigenvalue weighted by Gasteiger charge is 2.28. The van der Waals surface area contributed by atoms with Crippen molar-refractivity contribution < 1.29 is 47.7 Å². The summed E-state index contributed by atoms with van der Waals surface area (Å²) in [4.78, 5) is 47.7. The lowest BCUT2D eigenvalue weighted by Gasteiger charge is -2.19. The second-order valence-electron chi connectivity index (χ2n) is 12.0. The summed E-state index contributed by atoms with van der Waals surface area (Å²) in [6.07, 6.45) is 23.2. The van der Waals surface area contributed by atoms with E-state index < -0.39 is 51.6 Å². The number of aliphatic hydroxyl groups is 1. The third-order valence-corrected chi connectivity index (χ3v) is 8.18. The smallest absolute Gasteiger partial charge is 0.489 e. The van der Waals surface area contributed by atoms with Gasteiger partial charge in [-0.15, -0.1) is 4.52 Å². The van der Waals surface area contributed by atoms with Gasteiger partial charge in [-0.25, -0.2) is 4.79 Å². The molecule has 10 nitrogen and oxygen atoms in total. The number of ether oxygens (including phenoxy) is 3. The molecular weight excluding hydrogens is 599 g/mol. The summed E-state index contributed by atoms with van der Waals surface area (Å²) < 4.78 is 30.9. The minimum absolute atomic E-state index is 0.188. The van der Waals surface area contributed by atoms with Crippen molar-refractivity contribution in [2.45, 2.75) is 180 Å². The minimum atomic E-state index is -3.38. The molecule has 3 atom stereocenters. The van der Waals surface area contributed by atoms with Crippen LogP contribution in [-0.4, -0.2) is 55.0 Å². The van der Waals surface area contributed by atoms with Crippen molar-refractivity contribution in [3.8, 4) is 0 Å². The minimum Gasteiger partial charge on any atom is -0.566 e. The molecule has 45 heavy (non-hydrogen) atoms. The van der Waals surface area contributed by atoms with Gasteiger partial charge < -0.3 is 24.2 Å². The van der Waals surface area contributed by atoms with Crippen molar-refractivity contribution in [2.75, 3.05) is 19.8 Å². The van der Waals surface area contributed by atoms with Crippen LogP contribution < -0.4 is 4.89 Å². The van der Waals surface area contributed by atoms with Gasteiger partial charge in [0.05, 0.1) is 6.61 Å². The van der Waals surface area contributed by atoms with E-state index in [4.69, 9.17) is 14.2 Å². The molecule has 0 aromatic rings. The van der Waals surface area contributed by atoms with Gasteiger partial charge in [0.25, 0.3) is 0 Å². The highest BCUT2D eigenvalue weighted by molar-refractivity contribution is 7.30. The van der Waals surface area contributed by atoms with E-state index in [9.17, 15) is 28.9 Å². The molecule has 0 radical (unpaired) electrons. The Bertz CT molecular complexity index is 748. The molecule has 264 valence electrons. The van der Waals surface area contributed by atoms with Gasteiger partial charge in [-0.05, 0) is 17.4 Å². The average Bonchev–Trinajstić information content (AvgIpc) is 3.02. The SMILES string of the molecule is CCCCCCCCCCCCCC(=O)OCC(COC(=O)C(CO)O[P+](=O)[O-])OC(=O)CCCCCCCCCCCCC. The zero-order valence-electron chi connectivity index (χ0n) is 28.3. The van der Waals surface area contributed by atoms with Crippen molar-refractivity contribution in [1.29, 1.82) is 0 Å². The molecule has 1 N–H and O–H groups in total. The maximum atomic E-state index is 12.5. The Morgan fingerprint density at radius 1 is 0.600 bits per heavy atom. The van der Waals surface area contributed by atoms with Crippen LogP contribution in [0, 0.1) is 0 Å². The number of unbranched alkanes of at least 4 members (excludes halogenated alkanes) is 20. The van der Waals surface area contributed by atoms with E-state index in [0.29, 0.717) is 12.8 Å². The van der Waals surface area contributed by atoms with E-state index in [1.807, 2.05) is 0 Å². The second kappa shape index (κ2) is 32.3. The molecule has 0 aromatic carbocycles. The van der Waals surface area contributed by atoms with Crippen LogP contribution in [0.4, 0.5) is 0 Å². The van der Waals surface area contributed by atoms with Gasteiger partial charge in [0.15, 0.2) is 6.10 Å². The van der Waals surface area contributed by atoms with Crippen molar-refractivity contribution in [3.63, 3.8) is 0 Å². The quantitative estimate of drug-likeness (QED) is 0.0319. The number of hydrogen-bond acceptors (Lipinski definition) is 10. The molecule has 11 heteroatoms. The molecule has 0 aliphatic rings. The molecule has 0 rings (SSSR count). The van der Waals surface area contributed by atoms with Crippen LogP contribution in [-0.2, 0) is 37.7 Å². The summed E-state index contributed by atoms with van der Waals surface area (Å²) in [6.45, 7) is 2.77. The number of esters is 3. The third-order valence-electron chi connectivity index (χ3n) is 7.75. The number of aliphatic hydroxyl groups excluding tert-OH is 1. The van der Waals surface area contributed by atoms with E-state index >= 15 is 0 Å².